The number of carbonyl (C=O) groups is 1. The first-order valence-corrected chi connectivity index (χ1v) is 9.17. The molecule has 27 heavy (non-hydrogen) atoms. The number of aromatic hydroxyl groups is 1. The van der Waals surface area contributed by atoms with Crippen molar-refractivity contribution >= 4 is 33.1 Å². The van der Waals surface area contributed by atoms with Gasteiger partial charge in [0.05, 0.1) is 15.8 Å². The van der Waals surface area contributed by atoms with E-state index in [1.54, 1.807) is 24.3 Å². The Hall–Kier alpha value is -3.38. The molecule has 0 aliphatic heterocycles. The number of hydrogen-bond donors (Lipinski definition) is 2. The van der Waals surface area contributed by atoms with Crippen LogP contribution in [0.1, 0.15) is 0 Å². The van der Waals surface area contributed by atoms with E-state index in [1.807, 2.05) is 42.5 Å². The van der Waals surface area contributed by atoms with Gasteiger partial charge < -0.3 is 15.2 Å². The second kappa shape index (κ2) is 7.47. The molecule has 1 aromatic heterocycles. The molecule has 0 unspecified atom stereocenters. The summed E-state index contributed by atoms with van der Waals surface area (Å²) in [5, 5.41) is 13.8. The number of para-hydroxylation sites is 2. The van der Waals surface area contributed by atoms with Gasteiger partial charge in [0.1, 0.15) is 16.5 Å². The molecule has 0 saturated carbocycles. The van der Waals surface area contributed by atoms with E-state index in [0.717, 1.165) is 15.2 Å². The Morgan fingerprint density at radius 1 is 1.04 bits per heavy atom. The van der Waals surface area contributed by atoms with Crippen molar-refractivity contribution in [2.45, 2.75) is 0 Å². The van der Waals surface area contributed by atoms with Crippen LogP contribution in [0.2, 0.25) is 0 Å². The van der Waals surface area contributed by atoms with Crippen LogP contribution in [0.3, 0.4) is 0 Å². The van der Waals surface area contributed by atoms with Gasteiger partial charge in [-0.2, -0.15) is 0 Å². The number of nitrogens with zero attached hydrogens (tertiary/aromatic N) is 1. The molecule has 1 heterocycles. The van der Waals surface area contributed by atoms with Gasteiger partial charge in [0.25, 0.3) is 5.91 Å². The zero-order valence-corrected chi connectivity index (χ0v) is 15.1. The van der Waals surface area contributed by atoms with Crippen molar-refractivity contribution in [3.8, 4) is 22.1 Å². The molecule has 3 aromatic carbocycles. The maximum Gasteiger partial charge on any atom is 0.262 e. The van der Waals surface area contributed by atoms with Gasteiger partial charge in [-0.25, -0.2) is 4.98 Å². The van der Waals surface area contributed by atoms with E-state index in [9.17, 15) is 9.90 Å². The molecule has 0 aliphatic carbocycles. The number of hydrogen-bond acceptors (Lipinski definition) is 5. The average molecular weight is 376 g/mol. The van der Waals surface area contributed by atoms with E-state index in [2.05, 4.69) is 10.3 Å². The highest BCUT2D eigenvalue weighted by Gasteiger charge is 2.12. The lowest BCUT2D eigenvalue weighted by Crippen LogP contribution is -2.20. The molecule has 6 heteroatoms. The number of anilines is 1. The van der Waals surface area contributed by atoms with Gasteiger partial charge in [-0.05, 0) is 36.4 Å². The van der Waals surface area contributed by atoms with Gasteiger partial charge in [0, 0.05) is 11.8 Å². The Labute approximate surface area is 159 Å². The standard InChI is InChI=1S/C21H16N2O3S/c24-18-12-14(22-20(25)13-26-15-6-2-1-3-7-15)10-11-16(18)21-23-17-8-4-5-9-19(17)27-21/h1-12,24H,13H2,(H,22,25). The van der Waals surface area contributed by atoms with Crippen LogP contribution in [0, 0.1) is 0 Å². The van der Waals surface area contributed by atoms with Crippen molar-refractivity contribution in [2.75, 3.05) is 11.9 Å². The fourth-order valence-electron chi connectivity index (χ4n) is 2.64. The highest BCUT2D eigenvalue weighted by molar-refractivity contribution is 7.21. The van der Waals surface area contributed by atoms with Crippen LogP contribution < -0.4 is 10.1 Å². The number of benzene rings is 3. The van der Waals surface area contributed by atoms with E-state index in [-0.39, 0.29) is 18.3 Å². The van der Waals surface area contributed by atoms with Crippen molar-refractivity contribution in [1.82, 2.24) is 4.98 Å². The van der Waals surface area contributed by atoms with Crippen LogP contribution in [-0.2, 0) is 4.79 Å². The largest absolute Gasteiger partial charge is 0.507 e. The molecule has 0 saturated heterocycles. The number of thiazole rings is 1. The zero-order valence-electron chi connectivity index (χ0n) is 14.3. The van der Waals surface area contributed by atoms with Crippen molar-refractivity contribution < 1.29 is 14.6 Å². The topological polar surface area (TPSA) is 71.5 Å². The molecular formula is C21H16N2O3S. The first-order valence-electron chi connectivity index (χ1n) is 8.36. The smallest absolute Gasteiger partial charge is 0.262 e. The molecule has 1 amide bonds. The first-order chi connectivity index (χ1) is 13.2. The summed E-state index contributed by atoms with van der Waals surface area (Å²) in [6, 6.07) is 22.0. The highest BCUT2D eigenvalue weighted by Crippen LogP contribution is 2.36. The van der Waals surface area contributed by atoms with Crippen LogP contribution in [0.25, 0.3) is 20.8 Å². The maximum atomic E-state index is 12.0. The van der Waals surface area contributed by atoms with Gasteiger partial charge in [0.2, 0.25) is 0 Å². The molecule has 0 spiro atoms. The number of carbonyl (C=O) groups excluding carboxylic acids is 1. The summed E-state index contributed by atoms with van der Waals surface area (Å²) in [7, 11) is 0. The van der Waals surface area contributed by atoms with Crippen LogP contribution in [-0.4, -0.2) is 22.6 Å². The number of nitrogens with one attached hydrogen (secondary N) is 1. The molecular weight excluding hydrogens is 360 g/mol. The van der Waals surface area contributed by atoms with Crippen molar-refractivity contribution in [3.05, 3.63) is 72.8 Å². The number of amides is 1. The number of rotatable bonds is 5. The van der Waals surface area contributed by atoms with E-state index in [1.165, 1.54) is 17.4 Å². The predicted molar refractivity (Wildman–Crippen MR) is 107 cm³/mol. The van der Waals surface area contributed by atoms with Crippen LogP contribution in [0.5, 0.6) is 11.5 Å². The third kappa shape index (κ3) is 3.91. The summed E-state index contributed by atoms with van der Waals surface area (Å²) < 4.78 is 6.47. The number of ether oxygens (including phenoxy) is 1. The number of phenols is 1. The molecule has 0 bridgehead atoms. The number of phenolic OH excluding ortho intramolecular Hbond substituents is 1. The third-order valence-electron chi connectivity index (χ3n) is 3.92. The minimum absolute atomic E-state index is 0.0656. The quantitative estimate of drug-likeness (QED) is 0.530. The van der Waals surface area contributed by atoms with E-state index >= 15 is 0 Å². The van der Waals surface area contributed by atoms with Gasteiger partial charge in [0.15, 0.2) is 6.61 Å². The van der Waals surface area contributed by atoms with Gasteiger partial charge in [-0.15, -0.1) is 11.3 Å². The lowest BCUT2D eigenvalue weighted by Gasteiger charge is -2.09. The number of fused-ring (bicyclic) bond motifs is 1. The summed E-state index contributed by atoms with van der Waals surface area (Å²) in [6.07, 6.45) is 0. The van der Waals surface area contributed by atoms with Gasteiger partial charge >= 0.3 is 0 Å². The Morgan fingerprint density at radius 2 is 1.81 bits per heavy atom. The third-order valence-corrected chi connectivity index (χ3v) is 4.99. The second-order valence-electron chi connectivity index (χ2n) is 5.87. The Kier molecular flexibility index (Phi) is 4.72. The number of aromatic nitrogens is 1. The summed E-state index contributed by atoms with van der Waals surface area (Å²) in [5.74, 6) is 0.392. The summed E-state index contributed by atoms with van der Waals surface area (Å²) in [6.45, 7) is -0.107. The van der Waals surface area contributed by atoms with Crippen molar-refractivity contribution in [1.29, 1.82) is 0 Å². The Balaban J connectivity index is 1.45. The Morgan fingerprint density at radius 3 is 2.59 bits per heavy atom. The molecule has 4 aromatic rings. The molecule has 0 radical (unpaired) electrons. The normalized spacial score (nSPS) is 10.7. The van der Waals surface area contributed by atoms with Crippen LogP contribution in [0.15, 0.2) is 72.8 Å². The second-order valence-corrected chi connectivity index (χ2v) is 6.90. The fourth-order valence-corrected chi connectivity index (χ4v) is 3.64. The molecule has 0 aliphatic rings. The predicted octanol–water partition coefficient (Wildman–Crippen LogP) is 4.69. The monoisotopic (exact) mass is 376 g/mol. The fraction of sp³-hybridized carbons (Fsp3) is 0.0476. The maximum absolute atomic E-state index is 12.0. The zero-order chi connectivity index (χ0) is 18.6. The highest BCUT2D eigenvalue weighted by atomic mass is 32.1. The van der Waals surface area contributed by atoms with Gasteiger partial charge in [-0.1, -0.05) is 30.3 Å². The van der Waals surface area contributed by atoms with Crippen molar-refractivity contribution in [2.24, 2.45) is 0 Å². The van der Waals surface area contributed by atoms with Gasteiger partial charge in [-0.3, -0.25) is 4.79 Å². The molecule has 5 nitrogen and oxygen atoms in total. The molecule has 0 fully saturated rings. The minimum atomic E-state index is -0.300. The lowest BCUT2D eigenvalue weighted by molar-refractivity contribution is -0.118. The SMILES string of the molecule is O=C(COc1ccccc1)Nc1ccc(-c2nc3ccccc3s2)c(O)c1. The van der Waals surface area contributed by atoms with Crippen molar-refractivity contribution in [3.63, 3.8) is 0 Å². The Bertz CT molecular complexity index is 1060. The summed E-state index contributed by atoms with van der Waals surface area (Å²) in [4.78, 5) is 16.6. The van der Waals surface area contributed by atoms with E-state index in [4.69, 9.17) is 4.74 Å². The molecule has 2 N–H and O–H groups in total. The first kappa shape index (κ1) is 17.1. The molecule has 0 atom stereocenters. The lowest BCUT2D eigenvalue weighted by atomic mass is 10.2. The van der Waals surface area contributed by atoms with E-state index in [0.29, 0.717) is 17.0 Å². The minimum Gasteiger partial charge on any atom is -0.507 e. The summed E-state index contributed by atoms with van der Waals surface area (Å²) in [5.41, 5.74) is 2.03. The molecule has 4 rings (SSSR count). The van der Waals surface area contributed by atoms with E-state index < -0.39 is 0 Å². The summed E-state index contributed by atoms with van der Waals surface area (Å²) >= 11 is 1.51. The van der Waals surface area contributed by atoms with Crippen LogP contribution in [0.4, 0.5) is 5.69 Å². The average Bonchev–Trinajstić information content (AvgIpc) is 3.11. The molecule has 134 valence electrons. The van der Waals surface area contributed by atoms with Crippen LogP contribution >= 0.6 is 11.3 Å².